The van der Waals surface area contributed by atoms with Crippen molar-refractivity contribution in [3.05, 3.63) is 30.8 Å². The number of benzene rings is 1. The van der Waals surface area contributed by atoms with E-state index in [1.807, 2.05) is 6.07 Å². The predicted octanol–water partition coefficient (Wildman–Crippen LogP) is 3.91. The van der Waals surface area contributed by atoms with Gasteiger partial charge < -0.3 is 0 Å². The molecule has 64 valence electrons. The molecular weight excluding hydrogens is 354 g/mol. The van der Waals surface area contributed by atoms with E-state index in [9.17, 15) is 4.79 Å². The van der Waals surface area contributed by atoms with Crippen molar-refractivity contribution in [3.63, 3.8) is 0 Å². The van der Waals surface area contributed by atoms with E-state index in [2.05, 4.69) is 38.5 Å². The van der Waals surface area contributed by atoms with Gasteiger partial charge >= 0.3 is 0 Å². The molecular formula is C8H5BrClIO. The summed E-state index contributed by atoms with van der Waals surface area (Å²) in [7, 11) is 0. The molecule has 1 nitrogen and oxygen atoms in total. The van der Waals surface area contributed by atoms with Gasteiger partial charge in [-0.25, -0.2) is 0 Å². The number of carbonyl (C=O) groups is 1. The minimum absolute atomic E-state index is 0.00287. The fraction of sp³-hybridized carbons (Fsp3) is 0.125. The Morgan fingerprint density at radius 1 is 1.58 bits per heavy atom. The largest absolute Gasteiger partial charge is 0.294 e. The van der Waals surface area contributed by atoms with Gasteiger partial charge in [0.1, 0.15) is 0 Å². The van der Waals surface area contributed by atoms with Crippen LogP contribution in [0.15, 0.2) is 16.6 Å². The summed E-state index contributed by atoms with van der Waals surface area (Å²) in [5.74, 6) is -0.00287. The van der Waals surface area contributed by atoms with Crippen LogP contribution in [0.1, 0.15) is 17.3 Å². The second kappa shape index (κ2) is 4.07. The van der Waals surface area contributed by atoms with E-state index in [4.69, 9.17) is 11.6 Å². The van der Waals surface area contributed by atoms with Gasteiger partial charge in [-0.1, -0.05) is 27.5 Å². The lowest BCUT2D eigenvalue weighted by Gasteiger charge is -2.03. The Labute approximate surface area is 97.8 Å². The molecule has 0 bridgehead atoms. The van der Waals surface area contributed by atoms with Crippen molar-refractivity contribution in [2.45, 2.75) is 6.92 Å². The van der Waals surface area contributed by atoms with Crippen LogP contribution in [0.5, 0.6) is 0 Å². The summed E-state index contributed by atoms with van der Waals surface area (Å²) in [6, 6.07) is 3.59. The first-order valence-electron chi connectivity index (χ1n) is 3.18. The topological polar surface area (TPSA) is 17.1 Å². The van der Waals surface area contributed by atoms with Gasteiger partial charge in [0.2, 0.25) is 0 Å². The minimum atomic E-state index is -0.00287. The number of ketones is 1. The molecule has 0 heterocycles. The Balaban J connectivity index is 3.38. The Bertz CT molecular complexity index is 315. The number of hydrogen-bond donors (Lipinski definition) is 0. The third-order valence-electron chi connectivity index (χ3n) is 1.36. The van der Waals surface area contributed by atoms with E-state index in [-0.39, 0.29) is 5.78 Å². The highest BCUT2D eigenvalue weighted by Crippen LogP contribution is 2.26. The molecule has 0 amide bonds. The summed E-state index contributed by atoms with van der Waals surface area (Å²) < 4.78 is 1.77. The molecule has 0 fully saturated rings. The van der Waals surface area contributed by atoms with Crippen molar-refractivity contribution in [1.82, 2.24) is 0 Å². The molecule has 0 saturated heterocycles. The number of Topliss-reactive ketones (excluding diaryl/α,β-unsaturated/α-hetero) is 1. The molecule has 0 aliphatic rings. The summed E-state index contributed by atoms with van der Waals surface area (Å²) in [6.07, 6.45) is 0. The van der Waals surface area contributed by atoms with Gasteiger partial charge in [-0.15, -0.1) is 0 Å². The van der Waals surface area contributed by atoms with Crippen molar-refractivity contribution in [2.75, 3.05) is 0 Å². The maximum absolute atomic E-state index is 11.1. The lowest BCUT2D eigenvalue weighted by molar-refractivity contribution is 0.101. The van der Waals surface area contributed by atoms with Gasteiger partial charge in [-0.3, -0.25) is 4.79 Å². The van der Waals surface area contributed by atoms with Crippen molar-refractivity contribution in [2.24, 2.45) is 0 Å². The first-order valence-corrected chi connectivity index (χ1v) is 5.43. The van der Waals surface area contributed by atoms with E-state index >= 15 is 0 Å². The molecule has 0 atom stereocenters. The fourth-order valence-corrected chi connectivity index (χ4v) is 3.41. The minimum Gasteiger partial charge on any atom is -0.294 e. The smallest absolute Gasteiger partial charge is 0.162 e. The maximum atomic E-state index is 11.1. The zero-order valence-electron chi connectivity index (χ0n) is 6.20. The summed E-state index contributed by atoms with van der Waals surface area (Å²) in [5.41, 5.74) is 0.598. The SMILES string of the molecule is CC(=O)c1c(Cl)cc(Br)cc1I. The van der Waals surface area contributed by atoms with Crippen LogP contribution in [0.25, 0.3) is 0 Å². The van der Waals surface area contributed by atoms with Crippen LogP contribution in [-0.2, 0) is 0 Å². The van der Waals surface area contributed by atoms with E-state index in [1.54, 1.807) is 6.07 Å². The van der Waals surface area contributed by atoms with Gasteiger partial charge in [0.25, 0.3) is 0 Å². The van der Waals surface area contributed by atoms with Gasteiger partial charge in [0, 0.05) is 13.6 Å². The van der Waals surface area contributed by atoms with Crippen molar-refractivity contribution in [1.29, 1.82) is 0 Å². The van der Waals surface area contributed by atoms with E-state index in [1.165, 1.54) is 6.92 Å². The Morgan fingerprint density at radius 3 is 2.58 bits per heavy atom. The summed E-state index contributed by atoms with van der Waals surface area (Å²) in [4.78, 5) is 11.1. The Hall–Kier alpha value is 0.390. The molecule has 1 aromatic rings. The first-order chi connectivity index (χ1) is 5.52. The Morgan fingerprint density at radius 2 is 2.17 bits per heavy atom. The van der Waals surface area contributed by atoms with Crippen LogP contribution in [0, 0.1) is 3.57 Å². The molecule has 0 saturated carbocycles. The van der Waals surface area contributed by atoms with Crippen LogP contribution >= 0.6 is 50.1 Å². The third-order valence-corrected chi connectivity index (χ3v) is 2.97. The average Bonchev–Trinajstić information content (AvgIpc) is 1.82. The van der Waals surface area contributed by atoms with E-state index in [0.717, 1.165) is 8.04 Å². The van der Waals surface area contributed by atoms with Gasteiger partial charge in [-0.05, 0) is 41.6 Å². The quantitative estimate of drug-likeness (QED) is 0.549. The van der Waals surface area contributed by atoms with Gasteiger partial charge in [0.15, 0.2) is 5.78 Å². The number of rotatable bonds is 1. The van der Waals surface area contributed by atoms with Crippen molar-refractivity contribution < 1.29 is 4.79 Å². The first kappa shape index (κ1) is 10.5. The molecule has 0 unspecified atom stereocenters. The van der Waals surface area contributed by atoms with E-state index < -0.39 is 0 Å². The number of hydrogen-bond acceptors (Lipinski definition) is 1. The predicted molar refractivity (Wildman–Crippen MR) is 61.9 cm³/mol. The van der Waals surface area contributed by atoms with Crippen molar-refractivity contribution >= 4 is 55.9 Å². The molecule has 0 aliphatic heterocycles. The van der Waals surface area contributed by atoms with Crippen LogP contribution in [0.2, 0.25) is 5.02 Å². The van der Waals surface area contributed by atoms with E-state index in [0.29, 0.717) is 10.6 Å². The zero-order chi connectivity index (χ0) is 9.30. The highest BCUT2D eigenvalue weighted by Gasteiger charge is 2.10. The number of halogens is 3. The molecule has 0 radical (unpaired) electrons. The van der Waals surface area contributed by atoms with Crippen LogP contribution in [0.3, 0.4) is 0 Å². The molecule has 0 aromatic heterocycles. The second-order valence-corrected chi connectivity index (χ2v) is 4.79. The fourth-order valence-electron chi connectivity index (χ4n) is 0.879. The molecule has 0 N–H and O–H groups in total. The number of carbonyl (C=O) groups excluding carboxylic acids is 1. The van der Waals surface area contributed by atoms with Crippen molar-refractivity contribution in [3.8, 4) is 0 Å². The third kappa shape index (κ3) is 2.20. The molecule has 1 aromatic carbocycles. The normalized spacial score (nSPS) is 10.0. The Kier molecular flexibility index (Phi) is 3.55. The standard InChI is InChI=1S/C8H5BrClIO/c1-4(12)8-6(10)2-5(9)3-7(8)11/h2-3H,1H3. The summed E-state index contributed by atoms with van der Waals surface area (Å²) in [5, 5.41) is 0.501. The van der Waals surface area contributed by atoms with Crippen LogP contribution < -0.4 is 0 Å². The highest BCUT2D eigenvalue weighted by molar-refractivity contribution is 14.1. The molecule has 12 heavy (non-hydrogen) atoms. The second-order valence-electron chi connectivity index (χ2n) is 2.30. The molecule has 4 heteroatoms. The summed E-state index contributed by atoms with van der Waals surface area (Å²) >= 11 is 11.3. The van der Waals surface area contributed by atoms with Gasteiger partial charge in [0.05, 0.1) is 5.02 Å². The maximum Gasteiger partial charge on any atom is 0.162 e. The summed E-state index contributed by atoms with van der Waals surface area (Å²) in [6.45, 7) is 1.51. The molecule has 0 aliphatic carbocycles. The zero-order valence-corrected chi connectivity index (χ0v) is 10.7. The van der Waals surface area contributed by atoms with Crippen LogP contribution in [-0.4, -0.2) is 5.78 Å². The monoisotopic (exact) mass is 358 g/mol. The van der Waals surface area contributed by atoms with Gasteiger partial charge in [-0.2, -0.15) is 0 Å². The molecule has 1 rings (SSSR count). The lowest BCUT2D eigenvalue weighted by atomic mass is 10.1. The average molecular weight is 359 g/mol. The van der Waals surface area contributed by atoms with Crippen LogP contribution in [0.4, 0.5) is 0 Å². The molecule has 0 spiro atoms. The highest BCUT2D eigenvalue weighted by atomic mass is 127. The lowest BCUT2D eigenvalue weighted by Crippen LogP contribution is -1.97.